The van der Waals surface area contributed by atoms with E-state index in [4.69, 9.17) is 18.9 Å². The fraction of sp³-hybridized carbons (Fsp3) is 0.194. The third-order valence-corrected chi connectivity index (χ3v) is 5.51. The lowest BCUT2D eigenvalue weighted by molar-refractivity contribution is -0.152. The molecule has 0 saturated heterocycles. The lowest BCUT2D eigenvalue weighted by atomic mass is 10.1. The van der Waals surface area contributed by atoms with Gasteiger partial charge in [0.15, 0.2) is 0 Å². The van der Waals surface area contributed by atoms with Crippen LogP contribution in [0.3, 0.4) is 0 Å². The van der Waals surface area contributed by atoms with Crippen molar-refractivity contribution in [1.82, 2.24) is 0 Å². The van der Waals surface area contributed by atoms with Crippen molar-refractivity contribution in [1.29, 1.82) is 0 Å². The molecule has 9 nitrogen and oxygen atoms in total. The predicted molar refractivity (Wildman–Crippen MR) is 144 cm³/mol. The standard InChI is InChI=1S/C31H28O9/c1-20(2)28(33)37-18-16-22-4-8-24(9-5-22)30(35)39-26-12-14-27(15-13-26)40-31(36)25-10-6-23(7-11-25)17-19-38-29(34)21(3)32/h4-15H,1,16-19H2,2-3H3. The zero-order chi connectivity index (χ0) is 29.1. The average Bonchev–Trinajstić information content (AvgIpc) is 2.94. The third-order valence-electron chi connectivity index (χ3n) is 5.51. The second-order valence-corrected chi connectivity index (χ2v) is 8.75. The summed E-state index contributed by atoms with van der Waals surface area (Å²) in [7, 11) is 0. The first kappa shape index (κ1) is 29.5. The van der Waals surface area contributed by atoms with Gasteiger partial charge in [-0.15, -0.1) is 0 Å². The van der Waals surface area contributed by atoms with Gasteiger partial charge in [0.05, 0.1) is 24.3 Å². The summed E-state index contributed by atoms with van der Waals surface area (Å²) in [6.07, 6.45) is 0.893. The van der Waals surface area contributed by atoms with E-state index in [0.29, 0.717) is 29.5 Å². The highest BCUT2D eigenvalue weighted by atomic mass is 16.5. The molecular formula is C31H28O9. The van der Waals surface area contributed by atoms with Gasteiger partial charge in [-0.1, -0.05) is 30.8 Å². The van der Waals surface area contributed by atoms with E-state index in [1.807, 2.05) is 0 Å². The average molecular weight is 545 g/mol. The Balaban J connectivity index is 1.46. The van der Waals surface area contributed by atoms with Crippen molar-refractivity contribution in [3.63, 3.8) is 0 Å². The van der Waals surface area contributed by atoms with Crippen LogP contribution in [-0.2, 0) is 36.7 Å². The molecule has 206 valence electrons. The molecular weight excluding hydrogens is 516 g/mol. The normalized spacial score (nSPS) is 10.2. The smallest absolute Gasteiger partial charge is 0.374 e. The first-order valence-electron chi connectivity index (χ1n) is 12.3. The van der Waals surface area contributed by atoms with Crippen LogP contribution >= 0.6 is 0 Å². The van der Waals surface area contributed by atoms with Gasteiger partial charge in [-0.3, -0.25) is 4.79 Å². The highest BCUT2D eigenvalue weighted by Crippen LogP contribution is 2.20. The molecule has 9 heteroatoms. The number of Topliss-reactive ketones (excluding diaryl/α,β-unsaturated/α-hetero) is 1. The molecule has 0 spiro atoms. The van der Waals surface area contributed by atoms with Gasteiger partial charge < -0.3 is 18.9 Å². The number of rotatable bonds is 12. The summed E-state index contributed by atoms with van der Waals surface area (Å²) < 4.78 is 20.7. The van der Waals surface area contributed by atoms with E-state index in [1.54, 1.807) is 55.5 Å². The van der Waals surface area contributed by atoms with Crippen molar-refractivity contribution >= 4 is 29.7 Å². The summed E-state index contributed by atoms with van der Waals surface area (Å²) in [5.74, 6) is -2.58. The molecule has 0 aliphatic heterocycles. The summed E-state index contributed by atoms with van der Waals surface area (Å²) in [6, 6.07) is 19.4. The van der Waals surface area contributed by atoms with Crippen molar-refractivity contribution < 1.29 is 42.9 Å². The summed E-state index contributed by atoms with van der Waals surface area (Å²) in [4.78, 5) is 58.5. The van der Waals surface area contributed by atoms with Crippen LogP contribution in [0.25, 0.3) is 0 Å². The number of benzene rings is 3. The summed E-state index contributed by atoms with van der Waals surface area (Å²) in [5.41, 5.74) is 2.71. The van der Waals surface area contributed by atoms with Crippen LogP contribution in [0.5, 0.6) is 11.5 Å². The van der Waals surface area contributed by atoms with Crippen LogP contribution in [0.1, 0.15) is 45.7 Å². The van der Waals surface area contributed by atoms with Gasteiger partial charge in [-0.25, -0.2) is 19.2 Å². The van der Waals surface area contributed by atoms with Crippen LogP contribution in [-0.4, -0.2) is 42.9 Å². The van der Waals surface area contributed by atoms with Crippen molar-refractivity contribution in [2.45, 2.75) is 26.7 Å². The summed E-state index contributed by atoms with van der Waals surface area (Å²) in [5, 5.41) is 0. The topological polar surface area (TPSA) is 122 Å². The van der Waals surface area contributed by atoms with E-state index in [-0.39, 0.29) is 24.7 Å². The Bertz CT molecular complexity index is 1280. The lowest BCUT2D eigenvalue weighted by Gasteiger charge is -2.08. The van der Waals surface area contributed by atoms with Crippen LogP contribution in [0.15, 0.2) is 84.9 Å². The molecule has 0 aliphatic rings. The lowest BCUT2D eigenvalue weighted by Crippen LogP contribution is -2.15. The Morgan fingerprint density at radius 1 is 0.575 bits per heavy atom. The number of carbonyl (C=O) groups is 5. The number of ketones is 1. The van der Waals surface area contributed by atoms with Crippen molar-refractivity contribution in [2.24, 2.45) is 0 Å². The minimum Gasteiger partial charge on any atom is -0.462 e. The fourth-order valence-corrected chi connectivity index (χ4v) is 3.27. The molecule has 3 aromatic rings. The molecule has 0 bridgehead atoms. The number of ether oxygens (including phenoxy) is 4. The molecule has 0 N–H and O–H groups in total. The highest BCUT2D eigenvalue weighted by Gasteiger charge is 2.12. The maximum absolute atomic E-state index is 12.5. The fourth-order valence-electron chi connectivity index (χ4n) is 3.27. The van der Waals surface area contributed by atoms with Crippen molar-refractivity contribution in [3.05, 3.63) is 107 Å². The van der Waals surface area contributed by atoms with E-state index in [2.05, 4.69) is 6.58 Å². The first-order valence-corrected chi connectivity index (χ1v) is 12.3. The van der Waals surface area contributed by atoms with Crippen LogP contribution in [0.4, 0.5) is 0 Å². The summed E-state index contributed by atoms with van der Waals surface area (Å²) in [6.45, 7) is 6.51. The number of hydrogen-bond acceptors (Lipinski definition) is 9. The van der Waals surface area contributed by atoms with E-state index in [9.17, 15) is 24.0 Å². The van der Waals surface area contributed by atoms with Gasteiger partial charge in [-0.05, 0) is 66.6 Å². The van der Waals surface area contributed by atoms with Gasteiger partial charge in [0.25, 0.3) is 0 Å². The van der Waals surface area contributed by atoms with Crippen LogP contribution in [0.2, 0.25) is 0 Å². The van der Waals surface area contributed by atoms with Crippen molar-refractivity contribution in [2.75, 3.05) is 13.2 Å². The monoisotopic (exact) mass is 544 g/mol. The maximum atomic E-state index is 12.5. The number of esters is 4. The molecule has 0 fully saturated rings. The SMILES string of the molecule is C=C(C)C(=O)OCCc1ccc(C(=O)Oc2ccc(OC(=O)c3ccc(CCOC(=O)C(C)=O)cc3)cc2)cc1. The van der Waals surface area contributed by atoms with Gasteiger partial charge in [-0.2, -0.15) is 0 Å². The van der Waals surface area contributed by atoms with Gasteiger partial charge in [0, 0.05) is 25.3 Å². The first-order chi connectivity index (χ1) is 19.1. The molecule has 0 amide bonds. The molecule has 0 atom stereocenters. The van der Waals surface area contributed by atoms with Crippen molar-refractivity contribution in [3.8, 4) is 11.5 Å². The highest BCUT2D eigenvalue weighted by molar-refractivity contribution is 6.32. The van der Waals surface area contributed by atoms with Gasteiger partial charge >= 0.3 is 23.9 Å². The quantitative estimate of drug-likeness (QED) is 0.141. The second kappa shape index (κ2) is 14.2. The second-order valence-electron chi connectivity index (χ2n) is 8.75. The molecule has 0 aliphatic carbocycles. The summed E-state index contributed by atoms with van der Waals surface area (Å²) >= 11 is 0. The number of hydrogen-bond donors (Lipinski definition) is 0. The molecule has 3 aromatic carbocycles. The third kappa shape index (κ3) is 9.05. The predicted octanol–water partition coefficient (Wildman–Crippen LogP) is 4.46. The molecule has 0 heterocycles. The molecule has 3 rings (SSSR count). The molecule has 0 aromatic heterocycles. The minimum atomic E-state index is -0.882. The largest absolute Gasteiger partial charge is 0.462 e. The van der Waals surface area contributed by atoms with E-state index < -0.39 is 29.7 Å². The van der Waals surface area contributed by atoms with Gasteiger partial charge in [0.2, 0.25) is 5.78 Å². The maximum Gasteiger partial charge on any atom is 0.374 e. The molecule has 0 unspecified atom stereocenters. The Morgan fingerprint density at radius 3 is 1.30 bits per heavy atom. The zero-order valence-electron chi connectivity index (χ0n) is 22.1. The molecule has 0 radical (unpaired) electrons. The minimum absolute atomic E-state index is 0.0548. The van der Waals surface area contributed by atoms with E-state index in [1.165, 1.54) is 24.3 Å². The Hall–Kier alpha value is -5.05. The zero-order valence-corrected chi connectivity index (χ0v) is 22.1. The van der Waals surface area contributed by atoms with Crippen LogP contribution in [0, 0.1) is 0 Å². The molecule has 0 saturated carbocycles. The van der Waals surface area contributed by atoms with Crippen LogP contribution < -0.4 is 9.47 Å². The number of carbonyl (C=O) groups excluding carboxylic acids is 5. The van der Waals surface area contributed by atoms with Gasteiger partial charge in [0.1, 0.15) is 11.5 Å². The Labute approximate surface area is 231 Å². The van der Waals surface area contributed by atoms with E-state index in [0.717, 1.165) is 18.1 Å². The van der Waals surface area contributed by atoms with E-state index >= 15 is 0 Å². The Morgan fingerprint density at radius 2 is 0.950 bits per heavy atom. The Kier molecular flexibility index (Phi) is 10.5. The molecule has 40 heavy (non-hydrogen) atoms.